The van der Waals surface area contributed by atoms with E-state index in [4.69, 9.17) is 15.0 Å². The number of aryl methyl sites for hydroxylation is 1. The highest BCUT2D eigenvalue weighted by molar-refractivity contribution is 6.04. The number of para-hydroxylation sites is 2. The Bertz CT molecular complexity index is 1680. The second kappa shape index (κ2) is 8.87. The van der Waals surface area contributed by atoms with Gasteiger partial charge in [0.1, 0.15) is 16.7 Å². The fourth-order valence-corrected chi connectivity index (χ4v) is 4.75. The van der Waals surface area contributed by atoms with Crippen LogP contribution >= 0.6 is 0 Å². The van der Waals surface area contributed by atoms with E-state index in [9.17, 15) is 4.79 Å². The topological polar surface area (TPSA) is 90.8 Å². The van der Waals surface area contributed by atoms with Crippen LogP contribution in [0.1, 0.15) is 43.5 Å². The third-order valence-corrected chi connectivity index (χ3v) is 6.58. The number of nitrogens with zero attached hydrogens (tertiary/aromatic N) is 7. The first-order valence-corrected chi connectivity index (χ1v) is 12.0. The summed E-state index contributed by atoms with van der Waals surface area (Å²) in [5, 5.41) is 5.11. The van der Waals surface area contributed by atoms with Crippen LogP contribution in [0, 0.1) is 6.92 Å². The lowest BCUT2D eigenvalue weighted by Gasteiger charge is -2.14. The van der Waals surface area contributed by atoms with Crippen LogP contribution in [-0.4, -0.2) is 35.4 Å². The standard InChI is InChI=1S/C27H25N7O/c1-18-30-25-23(27(35)33(18)15-13-19-8-3-2-4-9-19)24-26(32-22-12-6-5-11-21(22)31-24)34(25)29-17-20-10-7-14-28-16-20/h5-8,10-12,14,16-17H,2-4,9,13,15H2,1H3. The number of hydrogen-bond donors (Lipinski definition) is 0. The van der Waals surface area contributed by atoms with Crippen LogP contribution in [0.3, 0.4) is 0 Å². The molecular formula is C27H25N7O. The molecule has 0 bridgehead atoms. The molecule has 4 aromatic heterocycles. The van der Waals surface area contributed by atoms with Crippen LogP contribution in [-0.2, 0) is 6.54 Å². The Morgan fingerprint density at radius 1 is 1.03 bits per heavy atom. The van der Waals surface area contributed by atoms with Gasteiger partial charge in [-0.2, -0.15) is 9.78 Å². The summed E-state index contributed by atoms with van der Waals surface area (Å²) in [7, 11) is 0. The largest absolute Gasteiger partial charge is 0.296 e. The minimum atomic E-state index is -0.103. The van der Waals surface area contributed by atoms with Gasteiger partial charge < -0.3 is 0 Å². The third-order valence-electron chi connectivity index (χ3n) is 6.58. The Morgan fingerprint density at radius 3 is 2.66 bits per heavy atom. The molecule has 0 saturated heterocycles. The van der Waals surface area contributed by atoms with Crippen LogP contribution in [0.2, 0.25) is 0 Å². The van der Waals surface area contributed by atoms with Gasteiger partial charge in [-0.3, -0.25) is 14.3 Å². The first-order chi connectivity index (χ1) is 17.2. The Labute approximate surface area is 201 Å². The number of fused-ring (bicyclic) bond motifs is 4. The van der Waals surface area contributed by atoms with E-state index < -0.39 is 0 Å². The molecule has 6 rings (SSSR count). The summed E-state index contributed by atoms with van der Waals surface area (Å²) in [6.45, 7) is 2.48. The fraction of sp³-hybridized carbons (Fsp3) is 0.259. The van der Waals surface area contributed by atoms with Crippen molar-refractivity contribution in [2.75, 3.05) is 0 Å². The molecule has 0 aliphatic heterocycles. The molecule has 0 N–H and O–H groups in total. The van der Waals surface area contributed by atoms with Gasteiger partial charge in [0.05, 0.1) is 17.2 Å². The SMILES string of the molecule is Cc1nc2c(c(=O)n1CCC1=CCCCC1)c1nc3ccccc3nc1n2N=Cc1cccnc1. The maximum Gasteiger partial charge on any atom is 0.265 e. The number of allylic oxidation sites excluding steroid dienone is 2. The van der Waals surface area contributed by atoms with E-state index in [2.05, 4.69) is 16.2 Å². The zero-order chi connectivity index (χ0) is 23.8. The highest BCUT2D eigenvalue weighted by Gasteiger charge is 2.21. The molecule has 1 aliphatic rings. The summed E-state index contributed by atoms with van der Waals surface area (Å²) in [6.07, 6.45) is 13.0. The van der Waals surface area contributed by atoms with Gasteiger partial charge in [0.15, 0.2) is 11.3 Å². The summed E-state index contributed by atoms with van der Waals surface area (Å²) in [4.78, 5) is 32.5. The Hall–Kier alpha value is -4.20. The molecule has 5 aromatic rings. The van der Waals surface area contributed by atoms with Gasteiger partial charge in [-0.25, -0.2) is 15.0 Å². The number of hydrogen-bond acceptors (Lipinski definition) is 6. The predicted octanol–water partition coefficient (Wildman–Crippen LogP) is 4.77. The van der Waals surface area contributed by atoms with Crippen LogP contribution in [0.25, 0.3) is 33.2 Å². The van der Waals surface area contributed by atoms with Crippen molar-refractivity contribution in [2.24, 2.45) is 5.10 Å². The van der Waals surface area contributed by atoms with E-state index in [0.29, 0.717) is 34.6 Å². The van der Waals surface area contributed by atoms with Crippen LogP contribution < -0.4 is 5.56 Å². The van der Waals surface area contributed by atoms with E-state index in [-0.39, 0.29) is 5.56 Å². The molecule has 174 valence electrons. The molecule has 8 heteroatoms. The summed E-state index contributed by atoms with van der Waals surface area (Å²) < 4.78 is 3.39. The minimum Gasteiger partial charge on any atom is -0.296 e. The molecule has 0 radical (unpaired) electrons. The van der Waals surface area contributed by atoms with Crippen molar-refractivity contribution in [2.45, 2.75) is 45.6 Å². The van der Waals surface area contributed by atoms with Crippen LogP contribution in [0.5, 0.6) is 0 Å². The fourth-order valence-electron chi connectivity index (χ4n) is 4.75. The van der Waals surface area contributed by atoms with Crippen LogP contribution in [0.4, 0.5) is 0 Å². The third kappa shape index (κ3) is 3.90. The van der Waals surface area contributed by atoms with Gasteiger partial charge in [-0.05, 0) is 57.2 Å². The van der Waals surface area contributed by atoms with Crippen molar-refractivity contribution in [1.29, 1.82) is 0 Å². The van der Waals surface area contributed by atoms with E-state index >= 15 is 0 Å². The maximum atomic E-state index is 13.8. The normalized spacial score (nSPS) is 14.4. The van der Waals surface area contributed by atoms with Gasteiger partial charge in [-0.15, -0.1) is 0 Å². The summed E-state index contributed by atoms with van der Waals surface area (Å²) in [5.74, 6) is 0.657. The second-order valence-electron chi connectivity index (χ2n) is 8.90. The molecule has 0 fully saturated rings. The number of aromatic nitrogens is 6. The van der Waals surface area contributed by atoms with Crippen molar-refractivity contribution in [1.82, 2.24) is 29.2 Å². The number of benzene rings is 1. The molecule has 0 spiro atoms. The van der Waals surface area contributed by atoms with Gasteiger partial charge in [0, 0.05) is 24.5 Å². The Kier molecular flexibility index (Phi) is 5.41. The molecule has 35 heavy (non-hydrogen) atoms. The van der Waals surface area contributed by atoms with Gasteiger partial charge in [0.25, 0.3) is 5.56 Å². The summed E-state index contributed by atoms with van der Waals surface area (Å²) in [6, 6.07) is 11.4. The van der Waals surface area contributed by atoms with Crippen molar-refractivity contribution in [3.63, 3.8) is 0 Å². The van der Waals surface area contributed by atoms with Crippen molar-refractivity contribution in [3.8, 4) is 0 Å². The Balaban J connectivity index is 1.56. The number of pyridine rings is 1. The molecule has 0 saturated carbocycles. The first kappa shape index (κ1) is 21.3. The van der Waals surface area contributed by atoms with Crippen molar-refractivity contribution >= 4 is 39.4 Å². The summed E-state index contributed by atoms with van der Waals surface area (Å²) >= 11 is 0. The quantitative estimate of drug-likeness (QED) is 0.277. The van der Waals surface area contributed by atoms with Gasteiger partial charge >= 0.3 is 0 Å². The van der Waals surface area contributed by atoms with Gasteiger partial charge in [0.2, 0.25) is 0 Å². The lowest BCUT2D eigenvalue weighted by atomic mass is 9.97. The zero-order valence-corrected chi connectivity index (χ0v) is 19.6. The van der Waals surface area contributed by atoms with E-state index in [1.54, 1.807) is 27.9 Å². The molecule has 0 amide bonds. The van der Waals surface area contributed by atoms with Crippen LogP contribution in [0.15, 0.2) is 70.3 Å². The van der Waals surface area contributed by atoms with E-state index in [1.807, 2.05) is 43.3 Å². The molecule has 1 aromatic carbocycles. The Morgan fingerprint density at radius 2 is 1.89 bits per heavy atom. The lowest BCUT2D eigenvalue weighted by molar-refractivity contribution is 0.597. The number of rotatable bonds is 5. The molecular weight excluding hydrogens is 438 g/mol. The maximum absolute atomic E-state index is 13.8. The van der Waals surface area contributed by atoms with E-state index in [1.165, 1.54) is 18.4 Å². The zero-order valence-electron chi connectivity index (χ0n) is 19.6. The molecule has 0 unspecified atom stereocenters. The predicted molar refractivity (Wildman–Crippen MR) is 138 cm³/mol. The monoisotopic (exact) mass is 463 g/mol. The molecule has 1 aliphatic carbocycles. The second-order valence-corrected chi connectivity index (χ2v) is 8.90. The van der Waals surface area contributed by atoms with E-state index in [0.717, 1.165) is 35.9 Å². The highest BCUT2D eigenvalue weighted by Crippen LogP contribution is 2.26. The average Bonchev–Trinajstić information content (AvgIpc) is 3.19. The lowest BCUT2D eigenvalue weighted by Crippen LogP contribution is -2.24. The smallest absolute Gasteiger partial charge is 0.265 e. The highest BCUT2D eigenvalue weighted by atomic mass is 16.1. The van der Waals surface area contributed by atoms with Crippen molar-refractivity contribution < 1.29 is 0 Å². The van der Waals surface area contributed by atoms with Gasteiger partial charge in [-0.1, -0.05) is 29.8 Å². The molecule has 4 heterocycles. The molecule has 0 atom stereocenters. The summed E-state index contributed by atoms with van der Waals surface area (Å²) in [5.41, 5.74) is 5.12. The molecule has 8 nitrogen and oxygen atoms in total. The first-order valence-electron chi connectivity index (χ1n) is 12.0. The van der Waals surface area contributed by atoms with Crippen molar-refractivity contribution in [3.05, 3.63) is 82.2 Å². The average molecular weight is 464 g/mol. The minimum absolute atomic E-state index is 0.103.